The number of nitrogens with one attached hydrogen (secondary N) is 1. The van der Waals surface area contributed by atoms with Crippen LogP contribution in [0.4, 0.5) is 0 Å². The summed E-state index contributed by atoms with van der Waals surface area (Å²) in [5.41, 5.74) is 0. The van der Waals surface area contributed by atoms with E-state index in [1.807, 2.05) is 7.05 Å². The number of rotatable bonds is 8. The van der Waals surface area contributed by atoms with Crippen LogP contribution in [0.5, 0.6) is 0 Å². The number of ether oxygens (including phenoxy) is 1. The van der Waals surface area contributed by atoms with Gasteiger partial charge in [0.05, 0.1) is 12.1 Å². The predicted molar refractivity (Wildman–Crippen MR) is 73.6 cm³/mol. The lowest BCUT2D eigenvalue weighted by molar-refractivity contribution is -0.125. The minimum atomic E-state index is -0.00871. The summed E-state index contributed by atoms with van der Waals surface area (Å²) in [6.45, 7) is 3.87. The highest BCUT2D eigenvalue weighted by molar-refractivity contribution is 5.82. The maximum Gasteiger partial charge on any atom is 0.237 e. The SMILES string of the molecule is CCCCCCCNC(=O)C1CC(OC)CN1C. The van der Waals surface area contributed by atoms with Gasteiger partial charge in [-0.1, -0.05) is 32.6 Å². The van der Waals surface area contributed by atoms with Crippen molar-refractivity contribution < 1.29 is 9.53 Å². The number of carbonyl (C=O) groups is 1. The van der Waals surface area contributed by atoms with E-state index < -0.39 is 0 Å². The van der Waals surface area contributed by atoms with Gasteiger partial charge in [0, 0.05) is 20.2 Å². The Morgan fingerprint density at radius 1 is 1.33 bits per heavy atom. The van der Waals surface area contributed by atoms with Crippen LogP contribution in [0.2, 0.25) is 0 Å². The Hall–Kier alpha value is -0.610. The van der Waals surface area contributed by atoms with Crippen molar-refractivity contribution in [2.75, 3.05) is 27.2 Å². The maximum absolute atomic E-state index is 12.0. The molecule has 2 unspecified atom stereocenters. The van der Waals surface area contributed by atoms with Crippen molar-refractivity contribution in [2.45, 2.75) is 57.6 Å². The first kappa shape index (κ1) is 15.4. The summed E-state index contributed by atoms with van der Waals surface area (Å²) in [6, 6.07) is -0.00871. The van der Waals surface area contributed by atoms with Crippen LogP contribution in [0.25, 0.3) is 0 Å². The van der Waals surface area contributed by atoms with Gasteiger partial charge < -0.3 is 10.1 Å². The van der Waals surface area contributed by atoms with E-state index in [2.05, 4.69) is 17.1 Å². The first-order valence-electron chi connectivity index (χ1n) is 7.19. The van der Waals surface area contributed by atoms with E-state index in [9.17, 15) is 4.79 Å². The van der Waals surface area contributed by atoms with Gasteiger partial charge in [-0.3, -0.25) is 9.69 Å². The Bertz CT molecular complexity index is 246. The highest BCUT2D eigenvalue weighted by atomic mass is 16.5. The standard InChI is InChI=1S/C14H28N2O2/c1-4-5-6-7-8-9-15-14(17)13-10-12(18-3)11-16(13)2/h12-13H,4-11H2,1-3H3,(H,15,17). The van der Waals surface area contributed by atoms with Crippen molar-refractivity contribution in [3.8, 4) is 0 Å². The molecule has 0 aromatic heterocycles. The Balaban J connectivity index is 2.13. The molecule has 1 heterocycles. The zero-order valence-electron chi connectivity index (χ0n) is 12.1. The second-order valence-corrected chi connectivity index (χ2v) is 5.25. The lowest BCUT2D eigenvalue weighted by atomic mass is 10.1. The molecular formula is C14H28N2O2. The lowest BCUT2D eigenvalue weighted by Crippen LogP contribution is -2.41. The van der Waals surface area contributed by atoms with Gasteiger partial charge in [0.25, 0.3) is 0 Å². The molecule has 1 rings (SSSR count). The smallest absolute Gasteiger partial charge is 0.237 e. The van der Waals surface area contributed by atoms with Crippen molar-refractivity contribution in [1.82, 2.24) is 10.2 Å². The van der Waals surface area contributed by atoms with Gasteiger partial charge in [-0.15, -0.1) is 0 Å². The molecule has 0 saturated carbocycles. The summed E-state index contributed by atoms with van der Waals surface area (Å²) >= 11 is 0. The predicted octanol–water partition coefficient (Wildman–Crippen LogP) is 1.79. The summed E-state index contributed by atoms with van der Waals surface area (Å²) in [4.78, 5) is 14.1. The number of amides is 1. The van der Waals surface area contributed by atoms with Gasteiger partial charge in [-0.2, -0.15) is 0 Å². The number of hydrogen-bond acceptors (Lipinski definition) is 3. The minimum Gasteiger partial charge on any atom is -0.380 e. The zero-order valence-corrected chi connectivity index (χ0v) is 12.1. The van der Waals surface area contributed by atoms with Crippen molar-refractivity contribution in [3.63, 3.8) is 0 Å². The van der Waals surface area contributed by atoms with Crippen LogP contribution < -0.4 is 5.32 Å². The number of methoxy groups -OCH3 is 1. The molecule has 1 N–H and O–H groups in total. The van der Waals surface area contributed by atoms with Crippen LogP contribution in [0.15, 0.2) is 0 Å². The lowest BCUT2D eigenvalue weighted by Gasteiger charge is -2.18. The number of likely N-dealkylation sites (N-methyl/N-ethyl adjacent to an activating group) is 1. The van der Waals surface area contributed by atoms with Gasteiger partial charge in [0.1, 0.15) is 0 Å². The van der Waals surface area contributed by atoms with E-state index in [4.69, 9.17) is 4.74 Å². The zero-order chi connectivity index (χ0) is 13.4. The Morgan fingerprint density at radius 2 is 2.06 bits per heavy atom. The molecule has 0 spiro atoms. The van der Waals surface area contributed by atoms with E-state index in [1.54, 1.807) is 7.11 Å². The number of carbonyl (C=O) groups excluding carboxylic acids is 1. The molecule has 0 aromatic carbocycles. The third-order valence-electron chi connectivity index (χ3n) is 3.73. The fourth-order valence-electron chi connectivity index (χ4n) is 2.49. The first-order valence-corrected chi connectivity index (χ1v) is 7.19. The highest BCUT2D eigenvalue weighted by Crippen LogP contribution is 2.17. The van der Waals surface area contributed by atoms with Crippen molar-refractivity contribution in [3.05, 3.63) is 0 Å². The summed E-state index contributed by atoms with van der Waals surface area (Å²) in [5.74, 6) is 0.160. The molecule has 1 aliphatic heterocycles. The van der Waals surface area contributed by atoms with E-state index >= 15 is 0 Å². The topological polar surface area (TPSA) is 41.6 Å². The van der Waals surface area contributed by atoms with Crippen LogP contribution in [0, 0.1) is 0 Å². The van der Waals surface area contributed by atoms with E-state index in [0.717, 1.165) is 25.9 Å². The molecular weight excluding hydrogens is 228 g/mol. The fourth-order valence-corrected chi connectivity index (χ4v) is 2.49. The largest absolute Gasteiger partial charge is 0.380 e. The molecule has 2 atom stereocenters. The quantitative estimate of drug-likeness (QED) is 0.673. The van der Waals surface area contributed by atoms with Gasteiger partial charge in [0.15, 0.2) is 0 Å². The van der Waals surface area contributed by atoms with Crippen LogP contribution in [-0.2, 0) is 9.53 Å². The summed E-state index contributed by atoms with van der Waals surface area (Å²) in [7, 11) is 3.71. The molecule has 1 saturated heterocycles. The second kappa shape index (κ2) is 8.48. The molecule has 0 bridgehead atoms. The highest BCUT2D eigenvalue weighted by Gasteiger charge is 2.34. The fraction of sp³-hybridized carbons (Fsp3) is 0.929. The number of unbranched alkanes of at least 4 members (excludes halogenated alkanes) is 4. The molecule has 106 valence electrons. The molecule has 18 heavy (non-hydrogen) atoms. The first-order chi connectivity index (χ1) is 8.69. The van der Waals surface area contributed by atoms with Crippen LogP contribution >= 0.6 is 0 Å². The Labute approximate surface area is 111 Å². The third kappa shape index (κ3) is 4.94. The van der Waals surface area contributed by atoms with Crippen LogP contribution in [0.3, 0.4) is 0 Å². The molecule has 4 nitrogen and oxygen atoms in total. The van der Waals surface area contributed by atoms with Gasteiger partial charge in [-0.05, 0) is 19.9 Å². The van der Waals surface area contributed by atoms with Gasteiger partial charge >= 0.3 is 0 Å². The Kier molecular flexibility index (Phi) is 7.28. The second-order valence-electron chi connectivity index (χ2n) is 5.25. The van der Waals surface area contributed by atoms with Crippen molar-refractivity contribution in [2.24, 2.45) is 0 Å². The van der Waals surface area contributed by atoms with Crippen LogP contribution in [-0.4, -0.2) is 50.2 Å². The van der Waals surface area contributed by atoms with E-state index in [1.165, 1.54) is 25.7 Å². The van der Waals surface area contributed by atoms with Crippen LogP contribution in [0.1, 0.15) is 45.4 Å². The number of nitrogens with zero attached hydrogens (tertiary/aromatic N) is 1. The Morgan fingerprint density at radius 3 is 2.67 bits per heavy atom. The molecule has 4 heteroatoms. The monoisotopic (exact) mass is 256 g/mol. The molecule has 1 amide bonds. The molecule has 0 aliphatic carbocycles. The number of likely N-dealkylation sites (tertiary alicyclic amines) is 1. The molecule has 1 fully saturated rings. The van der Waals surface area contributed by atoms with E-state index in [0.29, 0.717) is 0 Å². The number of hydrogen-bond donors (Lipinski definition) is 1. The average Bonchev–Trinajstić information content (AvgIpc) is 2.75. The molecule has 0 radical (unpaired) electrons. The molecule has 0 aromatic rings. The summed E-state index contributed by atoms with van der Waals surface area (Å²) in [5, 5.41) is 3.04. The molecule has 1 aliphatic rings. The van der Waals surface area contributed by atoms with E-state index in [-0.39, 0.29) is 18.1 Å². The summed E-state index contributed by atoms with van der Waals surface area (Å²) in [6.07, 6.45) is 7.17. The van der Waals surface area contributed by atoms with Gasteiger partial charge in [0.2, 0.25) is 5.91 Å². The average molecular weight is 256 g/mol. The van der Waals surface area contributed by atoms with Gasteiger partial charge in [-0.25, -0.2) is 0 Å². The van der Waals surface area contributed by atoms with Crippen molar-refractivity contribution in [1.29, 1.82) is 0 Å². The minimum absolute atomic E-state index is 0.00871. The van der Waals surface area contributed by atoms with Crippen molar-refractivity contribution >= 4 is 5.91 Å². The normalized spacial score (nSPS) is 24.4. The third-order valence-corrected chi connectivity index (χ3v) is 3.73. The maximum atomic E-state index is 12.0. The summed E-state index contributed by atoms with van der Waals surface area (Å²) < 4.78 is 5.31.